The molecule has 0 aliphatic carbocycles. The fourth-order valence-corrected chi connectivity index (χ4v) is 2.98. The topological polar surface area (TPSA) is 77.3 Å². The van der Waals surface area contributed by atoms with Crippen molar-refractivity contribution in [3.63, 3.8) is 0 Å². The van der Waals surface area contributed by atoms with Crippen molar-refractivity contribution in [3.05, 3.63) is 68.3 Å². The molecule has 0 atom stereocenters. The fourth-order valence-electron chi connectivity index (χ4n) is 2.60. The zero-order valence-corrected chi connectivity index (χ0v) is 16.1. The zero-order chi connectivity index (χ0) is 18.8. The summed E-state index contributed by atoms with van der Waals surface area (Å²) < 4.78 is 2.47. The Bertz CT molecular complexity index is 1050. The lowest BCUT2D eigenvalue weighted by molar-refractivity contribution is -0.0758. The number of nitrogens with zero attached hydrogens (tertiary/aromatic N) is 4. The van der Waals surface area contributed by atoms with E-state index in [0.29, 0.717) is 22.2 Å². The number of halogens is 1. The van der Waals surface area contributed by atoms with E-state index in [-0.39, 0.29) is 11.0 Å². The second-order valence-electron chi connectivity index (χ2n) is 5.76. The number of pyridine rings is 3. The van der Waals surface area contributed by atoms with Crippen LogP contribution in [0.15, 0.2) is 45.9 Å². The van der Waals surface area contributed by atoms with Gasteiger partial charge < -0.3 is 4.57 Å². The first-order chi connectivity index (χ1) is 12.4. The van der Waals surface area contributed by atoms with Gasteiger partial charge in [0.05, 0.1) is 24.7 Å². The molecule has 1 amide bonds. The largest absolute Gasteiger partial charge is 0.325 e. The molecule has 0 bridgehead atoms. The molecule has 3 aromatic heterocycles. The number of fused-ring (bicyclic) bond motifs is 1. The molecule has 0 aromatic carbocycles. The van der Waals surface area contributed by atoms with Gasteiger partial charge in [-0.2, -0.15) is 0 Å². The molecule has 0 fully saturated rings. The molecule has 7 nitrogen and oxygen atoms in total. The van der Waals surface area contributed by atoms with E-state index in [1.54, 1.807) is 16.7 Å². The van der Waals surface area contributed by atoms with Crippen molar-refractivity contribution < 1.29 is 9.63 Å². The maximum absolute atomic E-state index is 12.8. The van der Waals surface area contributed by atoms with Gasteiger partial charge >= 0.3 is 0 Å². The highest BCUT2D eigenvalue weighted by Gasteiger charge is 2.20. The maximum Gasteiger partial charge on any atom is 0.282 e. The second kappa shape index (κ2) is 7.35. The number of aryl methyl sites for hydroxylation is 1. The molecule has 0 spiro atoms. The summed E-state index contributed by atoms with van der Waals surface area (Å²) in [6.07, 6.45) is 1.51. The minimum absolute atomic E-state index is 0.0162. The molecule has 26 heavy (non-hydrogen) atoms. The minimum atomic E-state index is -0.518. The number of amides is 1. The van der Waals surface area contributed by atoms with Crippen LogP contribution in [0.2, 0.25) is 0 Å². The molecule has 0 N–H and O–H groups in total. The van der Waals surface area contributed by atoms with Gasteiger partial charge in [0, 0.05) is 18.9 Å². The van der Waals surface area contributed by atoms with Gasteiger partial charge in [0.1, 0.15) is 15.8 Å². The summed E-state index contributed by atoms with van der Waals surface area (Å²) in [5.74, 6) is -0.518. The summed E-state index contributed by atoms with van der Waals surface area (Å²) in [6, 6.07) is 9.01. The number of aromatic nitrogens is 3. The Kier molecular flexibility index (Phi) is 5.15. The van der Waals surface area contributed by atoms with Crippen LogP contribution >= 0.6 is 15.9 Å². The SMILES string of the molecule is CON(C)C(=O)c1cn(Cc2cccc(Br)n2)c2nc(C)ccc2c1=O. The molecule has 3 rings (SSSR count). The van der Waals surface area contributed by atoms with Crippen LogP contribution in [0, 0.1) is 6.92 Å². The summed E-state index contributed by atoms with van der Waals surface area (Å²) in [7, 11) is 2.83. The van der Waals surface area contributed by atoms with Crippen LogP contribution in [-0.4, -0.2) is 39.7 Å². The number of rotatable bonds is 4. The summed E-state index contributed by atoms with van der Waals surface area (Å²) in [5.41, 5.74) is 1.70. The molecule has 0 saturated carbocycles. The highest BCUT2D eigenvalue weighted by atomic mass is 79.9. The molecule has 3 aromatic rings. The normalized spacial score (nSPS) is 10.9. The Morgan fingerprint density at radius 2 is 2.04 bits per heavy atom. The van der Waals surface area contributed by atoms with E-state index < -0.39 is 5.91 Å². The van der Waals surface area contributed by atoms with E-state index in [1.807, 2.05) is 25.1 Å². The fraction of sp³-hybridized carbons (Fsp3) is 0.222. The van der Waals surface area contributed by atoms with Crippen molar-refractivity contribution in [2.75, 3.05) is 14.2 Å². The summed E-state index contributed by atoms with van der Waals surface area (Å²) >= 11 is 3.35. The Balaban J connectivity index is 2.22. The maximum atomic E-state index is 12.8. The van der Waals surface area contributed by atoms with E-state index in [4.69, 9.17) is 4.84 Å². The van der Waals surface area contributed by atoms with Crippen LogP contribution < -0.4 is 5.43 Å². The molecule has 0 aliphatic heterocycles. The van der Waals surface area contributed by atoms with Crippen LogP contribution in [-0.2, 0) is 11.4 Å². The van der Waals surface area contributed by atoms with Gasteiger partial charge in [-0.15, -0.1) is 0 Å². The van der Waals surface area contributed by atoms with E-state index in [9.17, 15) is 9.59 Å². The number of carbonyl (C=O) groups is 1. The Hall–Kier alpha value is -2.58. The molecule has 0 radical (unpaired) electrons. The second-order valence-corrected chi connectivity index (χ2v) is 6.57. The predicted octanol–water partition coefficient (Wildman–Crippen LogP) is 2.54. The molecular weight excluding hydrogens is 400 g/mol. The number of hydrogen-bond donors (Lipinski definition) is 0. The molecule has 8 heteroatoms. The van der Waals surface area contributed by atoms with Gasteiger partial charge in [-0.1, -0.05) is 6.07 Å². The van der Waals surface area contributed by atoms with Crippen LogP contribution in [0.4, 0.5) is 0 Å². The number of hydroxylamine groups is 2. The monoisotopic (exact) mass is 416 g/mol. The average Bonchev–Trinajstić information content (AvgIpc) is 2.62. The highest BCUT2D eigenvalue weighted by molar-refractivity contribution is 9.10. The standard InChI is InChI=1S/C18H17BrN4O3/c1-11-7-8-13-16(24)14(18(25)22(2)26-3)10-23(17(13)20-11)9-12-5-4-6-15(19)21-12/h4-8,10H,9H2,1-3H3. The van der Waals surface area contributed by atoms with Gasteiger partial charge in [0.25, 0.3) is 5.91 Å². The van der Waals surface area contributed by atoms with E-state index >= 15 is 0 Å². The quantitative estimate of drug-likeness (QED) is 0.482. The molecule has 134 valence electrons. The summed E-state index contributed by atoms with van der Waals surface area (Å²) in [5, 5.41) is 1.40. The van der Waals surface area contributed by atoms with Gasteiger partial charge in [-0.25, -0.2) is 15.0 Å². The lowest BCUT2D eigenvalue weighted by Gasteiger charge is -2.16. The average molecular weight is 417 g/mol. The molecule has 0 aliphatic rings. The van der Waals surface area contributed by atoms with Gasteiger partial charge in [-0.3, -0.25) is 14.4 Å². The third-order valence-electron chi connectivity index (χ3n) is 3.96. The summed E-state index contributed by atoms with van der Waals surface area (Å²) in [4.78, 5) is 39.1. The lowest BCUT2D eigenvalue weighted by Crippen LogP contribution is -2.31. The molecule has 0 unspecified atom stereocenters. The van der Waals surface area contributed by atoms with Gasteiger partial charge in [-0.05, 0) is 47.1 Å². The molecular formula is C18H17BrN4O3. The Morgan fingerprint density at radius 3 is 2.73 bits per heavy atom. The van der Waals surface area contributed by atoms with Crippen molar-refractivity contribution in [1.82, 2.24) is 19.6 Å². The Morgan fingerprint density at radius 1 is 1.27 bits per heavy atom. The molecule has 3 heterocycles. The van der Waals surface area contributed by atoms with Gasteiger partial charge in [0.15, 0.2) is 0 Å². The third-order valence-corrected chi connectivity index (χ3v) is 4.40. The predicted molar refractivity (Wildman–Crippen MR) is 101 cm³/mol. The van der Waals surface area contributed by atoms with Crippen LogP contribution in [0.5, 0.6) is 0 Å². The number of hydrogen-bond acceptors (Lipinski definition) is 5. The van der Waals surface area contributed by atoms with E-state index in [2.05, 4.69) is 25.9 Å². The smallest absolute Gasteiger partial charge is 0.282 e. The van der Waals surface area contributed by atoms with E-state index in [1.165, 1.54) is 20.4 Å². The lowest BCUT2D eigenvalue weighted by atomic mass is 10.1. The zero-order valence-electron chi connectivity index (χ0n) is 14.6. The van der Waals surface area contributed by atoms with Crippen LogP contribution in [0.3, 0.4) is 0 Å². The van der Waals surface area contributed by atoms with Crippen LogP contribution in [0.1, 0.15) is 21.7 Å². The first-order valence-electron chi connectivity index (χ1n) is 7.85. The van der Waals surface area contributed by atoms with Crippen molar-refractivity contribution in [2.45, 2.75) is 13.5 Å². The number of carbonyl (C=O) groups excluding carboxylic acids is 1. The minimum Gasteiger partial charge on any atom is -0.325 e. The molecule has 0 saturated heterocycles. The van der Waals surface area contributed by atoms with E-state index in [0.717, 1.165) is 16.5 Å². The van der Waals surface area contributed by atoms with Gasteiger partial charge in [0.2, 0.25) is 5.43 Å². The Labute approximate surface area is 158 Å². The van der Waals surface area contributed by atoms with Crippen molar-refractivity contribution >= 4 is 32.9 Å². The summed E-state index contributed by atoms with van der Waals surface area (Å²) in [6.45, 7) is 2.22. The van der Waals surface area contributed by atoms with Crippen LogP contribution in [0.25, 0.3) is 11.0 Å². The highest BCUT2D eigenvalue weighted by Crippen LogP contribution is 2.15. The first-order valence-corrected chi connectivity index (χ1v) is 8.64. The van der Waals surface area contributed by atoms with Crippen molar-refractivity contribution in [1.29, 1.82) is 0 Å². The third kappa shape index (κ3) is 3.51. The van der Waals surface area contributed by atoms with Crippen molar-refractivity contribution in [3.8, 4) is 0 Å². The first kappa shape index (κ1) is 18.2. The van der Waals surface area contributed by atoms with Crippen molar-refractivity contribution in [2.24, 2.45) is 0 Å².